The fraction of sp³-hybridized carbons (Fsp3) is 0.550. The summed E-state index contributed by atoms with van der Waals surface area (Å²) in [7, 11) is 0. The lowest BCUT2D eigenvalue weighted by Crippen LogP contribution is -2.39. The van der Waals surface area contributed by atoms with Gasteiger partial charge in [0.25, 0.3) is 11.9 Å². The lowest BCUT2D eigenvalue weighted by molar-refractivity contribution is -0.119. The molecule has 3 heterocycles. The number of piperidine rings is 1. The average Bonchev–Trinajstić information content (AvgIpc) is 3.06. The summed E-state index contributed by atoms with van der Waals surface area (Å²) in [6, 6.07) is 1.90. The van der Waals surface area contributed by atoms with Crippen molar-refractivity contribution in [2.75, 3.05) is 13.1 Å². The third kappa shape index (κ3) is 4.37. The van der Waals surface area contributed by atoms with Crippen LogP contribution >= 0.6 is 0 Å². The molecule has 0 unspecified atom stereocenters. The minimum atomic E-state index is -0.276. The van der Waals surface area contributed by atoms with E-state index < -0.39 is 0 Å². The van der Waals surface area contributed by atoms with Gasteiger partial charge in [0.05, 0.1) is 11.3 Å². The van der Waals surface area contributed by atoms with Crippen LogP contribution in [-0.2, 0) is 4.79 Å². The maximum Gasteiger partial charge on any atom is 0.257 e. The molecule has 1 saturated heterocycles. The van der Waals surface area contributed by atoms with E-state index in [0.29, 0.717) is 31.0 Å². The first-order valence-electron chi connectivity index (χ1n) is 9.74. The summed E-state index contributed by atoms with van der Waals surface area (Å²) in [5.41, 5.74) is 8.34. The van der Waals surface area contributed by atoms with Crippen molar-refractivity contribution in [2.45, 2.75) is 52.9 Å². The Bertz CT molecular complexity index is 861. The van der Waals surface area contributed by atoms with E-state index in [9.17, 15) is 9.59 Å². The van der Waals surface area contributed by atoms with Gasteiger partial charge in [-0.2, -0.15) is 5.10 Å². The molecule has 0 bridgehead atoms. The Morgan fingerprint density at radius 1 is 1.18 bits per heavy atom. The molecule has 0 radical (unpaired) electrons. The Morgan fingerprint density at radius 2 is 1.79 bits per heavy atom. The third-order valence-electron chi connectivity index (χ3n) is 5.09. The molecule has 3 rings (SSSR count). The molecule has 150 valence electrons. The molecule has 2 aromatic heterocycles. The number of nitrogens with two attached hydrogens (primary N) is 1. The summed E-state index contributed by atoms with van der Waals surface area (Å²) in [5.74, 6) is 0.521. The summed E-state index contributed by atoms with van der Waals surface area (Å²) in [5, 5.41) is 4.62. The second-order valence-corrected chi connectivity index (χ2v) is 7.88. The first-order valence-corrected chi connectivity index (χ1v) is 9.74. The van der Waals surface area contributed by atoms with E-state index in [1.165, 1.54) is 0 Å². The minimum absolute atomic E-state index is 0.0307. The normalized spacial score (nSPS) is 15.2. The van der Waals surface area contributed by atoms with Crippen LogP contribution in [0.1, 0.15) is 66.5 Å². The van der Waals surface area contributed by atoms with Gasteiger partial charge in [-0.25, -0.2) is 14.6 Å². The molecule has 2 aromatic rings. The van der Waals surface area contributed by atoms with E-state index in [1.807, 2.05) is 38.7 Å². The highest BCUT2D eigenvalue weighted by Crippen LogP contribution is 2.25. The summed E-state index contributed by atoms with van der Waals surface area (Å²) in [4.78, 5) is 35.0. The number of carbonyl (C=O) groups is 2. The van der Waals surface area contributed by atoms with Crippen molar-refractivity contribution < 1.29 is 9.59 Å². The molecule has 1 aliphatic rings. The third-order valence-corrected chi connectivity index (χ3v) is 5.09. The smallest absolute Gasteiger partial charge is 0.257 e. The van der Waals surface area contributed by atoms with Gasteiger partial charge in [-0.05, 0) is 44.6 Å². The Labute approximate surface area is 165 Å². The van der Waals surface area contributed by atoms with E-state index in [2.05, 4.69) is 15.1 Å². The van der Waals surface area contributed by atoms with Crippen LogP contribution < -0.4 is 5.73 Å². The lowest BCUT2D eigenvalue weighted by atomic mass is 9.93. The molecule has 0 spiro atoms. The van der Waals surface area contributed by atoms with Crippen molar-refractivity contribution >= 4 is 11.8 Å². The van der Waals surface area contributed by atoms with Crippen LogP contribution in [0.2, 0.25) is 0 Å². The van der Waals surface area contributed by atoms with Gasteiger partial charge in [0.2, 0.25) is 5.91 Å². The molecule has 8 heteroatoms. The zero-order chi connectivity index (χ0) is 20.4. The number of likely N-dealkylation sites (tertiary alicyclic amines) is 1. The van der Waals surface area contributed by atoms with E-state index in [0.717, 1.165) is 29.9 Å². The molecule has 8 nitrogen and oxygen atoms in total. The van der Waals surface area contributed by atoms with Gasteiger partial charge >= 0.3 is 0 Å². The summed E-state index contributed by atoms with van der Waals surface area (Å²) >= 11 is 0. The maximum absolute atomic E-state index is 13.2. The van der Waals surface area contributed by atoms with Crippen molar-refractivity contribution in [3.05, 3.63) is 34.9 Å². The topological polar surface area (TPSA) is 107 Å². The van der Waals surface area contributed by atoms with Crippen LogP contribution in [0.5, 0.6) is 0 Å². The van der Waals surface area contributed by atoms with Crippen molar-refractivity contribution in [1.29, 1.82) is 0 Å². The zero-order valence-electron chi connectivity index (χ0n) is 17.0. The van der Waals surface area contributed by atoms with Gasteiger partial charge in [0.1, 0.15) is 0 Å². The molecule has 0 saturated carbocycles. The number of hydrogen-bond donors (Lipinski definition) is 1. The standard InChI is InChI=1S/C20H28N6O2/c1-12(2)18-16(11-26(24-18)20-22-13(3)9-14(4)23-20)19(28)25-7-5-15(6-8-25)10-17(21)27/h9,11-12,15H,5-8,10H2,1-4H3,(H2,21,27). The van der Waals surface area contributed by atoms with Crippen molar-refractivity contribution in [1.82, 2.24) is 24.6 Å². The monoisotopic (exact) mass is 384 g/mol. The Kier molecular flexibility index (Phi) is 5.76. The fourth-order valence-electron chi connectivity index (χ4n) is 3.69. The average molecular weight is 384 g/mol. The first-order chi connectivity index (χ1) is 13.2. The molecule has 1 aliphatic heterocycles. The number of hydrogen-bond acceptors (Lipinski definition) is 5. The van der Waals surface area contributed by atoms with Gasteiger partial charge in [-0.15, -0.1) is 0 Å². The van der Waals surface area contributed by atoms with Crippen molar-refractivity contribution in [2.24, 2.45) is 11.7 Å². The van der Waals surface area contributed by atoms with Crippen LogP contribution in [0.25, 0.3) is 5.95 Å². The molecule has 2 N–H and O–H groups in total. The molecule has 28 heavy (non-hydrogen) atoms. The van der Waals surface area contributed by atoms with E-state index in [-0.39, 0.29) is 23.7 Å². The molecule has 1 fully saturated rings. The van der Waals surface area contributed by atoms with Crippen LogP contribution in [0.3, 0.4) is 0 Å². The van der Waals surface area contributed by atoms with Crippen molar-refractivity contribution in [3.8, 4) is 5.95 Å². The number of aromatic nitrogens is 4. The largest absolute Gasteiger partial charge is 0.370 e. The molecule has 2 amide bonds. The maximum atomic E-state index is 13.2. The van der Waals surface area contributed by atoms with Crippen LogP contribution in [-0.4, -0.2) is 49.6 Å². The number of rotatable bonds is 5. The minimum Gasteiger partial charge on any atom is -0.370 e. The highest BCUT2D eigenvalue weighted by Gasteiger charge is 2.28. The highest BCUT2D eigenvalue weighted by molar-refractivity contribution is 5.95. The molecule has 0 atom stereocenters. The van der Waals surface area contributed by atoms with E-state index in [1.54, 1.807) is 10.9 Å². The van der Waals surface area contributed by atoms with Crippen LogP contribution in [0.4, 0.5) is 0 Å². The Balaban J connectivity index is 1.84. The second-order valence-electron chi connectivity index (χ2n) is 7.88. The molecule has 0 aromatic carbocycles. The van der Waals surface area contributed by atoms with Crippen molar-refractivity contribution in [3.63, 3.8) is 0 Å². The van der Waals surface area contributed by atoms with Gasteiger partial charge in [0.15, 0.2) is 0 Å². The predicted octanol–water partition coefficient (Wildman–Crippen LogP) is 2.13. The summed E-state index contributed by atoms with van der Waals surface area (Å²) in [6.45, 7) is 9.11. The summed E-state index contributed by atoms with van der Waals surface area (Å²) < 4.78 is 1.60. The quantitative estimate of drug-likeness (QED) is 0.850. The van der Waals surface area contributed by atoms with E-state index >= 15 is 0 Å². The predicted molar refractivity (Wildman–Crippen MR) is 105 cm³/mol. The Hall–Kier alpha value is -2.77. The number of carbonyl (C=O) groups excluding carboxylic acids is 2. The molecule has 0 aliphatic carbocycles. The van der Waals surface area contributed by atoms with Crippen LogP contribution in [0, 0.1) is 19.8 Å². The number of primary amides is 1. The van der Waals surface area contributed by atoms with Gasteiger partial charge < -0.3 is 10.6 Å². The lowest BCUT2D eigenvalue weighted by Gasteiger charge is -2.31. The number of aryl methyl sites for hydroxylation is 2. The van der Waals surface area contributed by atoms with Gasteiger partial charge in [-0.3, -0.25) is 9.59 Å². The first kappa shape index (κ1) is 20.0. The zero-order valence-corrected chi connectivity index (χ0v) is 17.0. The number of nitrogens with zero attached hydrogens (tertiary/aromatic N) is 5. The highest BCUT2D eigenvalue weighted by atomic mass is 16.2. The fourth-order valence-corrected chi connectivity index (χ4v) is 3.69. The van der Waals surface area contributed by atoms with Gasteiger partial charge in [-0.1, -0.05) is 13.8 Å². The summed E-state index contributed by atoms with van der Waals surface area (Å²) in [6.07, 6.45) is 3.71. The van der Waals surface area contributed by atoms with E-state index in [4.69, 9.17) is 5.73 Å². The van der Waals surface area contributed by atoms with Crippen LogP contribution in [0.15, 0.2) is 12.3 Å². The van der Waals surface area contributed by atoms with Gasteiger partial charge in [0, 0.05) is 37.1 Å². The Morgan fingerprint density at radius 3 is 2.32 bits per heavy atom. The molecular weight excluding hydrogens is 356 g/mol. The SMILES string of the molecule is Cc1cc(C)nc(-n2cc(C(=O)N3CCC(CC(N)=O)CC3)c(C(C)C)n2)n1. The number of amides is 2. The molecular formula is C20H28N6O2. The second kappa shape index (κ2) is 8.08.